The number of hydrogen-bond donors (Lipinski definition) is 1. The molecule has 114 valence electrons. The van der Waals surface area contributed by atoms with Crippen LogP contribution in [0, 0.1) is 13.8 Å². The molecule has 2 aromatic carbocycles. The number of rotatable bonds is 4. The summed E-state index contributed by atoms with van der Waals surface area (Å²) in [7, 11) is 1.67. The smallest absolute Gasteiger partial charge is 0.236 e. The van der Waals surface area contributed by atoms with Crippen molar-refractivity contribution in [3.8, 4) is 0 Å². The topological polar surface area (TPSA) is 49.4 Å². The van der Waals surface area contributed by atoms with Gasteiger partial charge in [0.1, 0.15) is 6.42 Å². The van der Waals surface area contributed by atoms with E-state index < -0.39 is 0 Å². The van der Waals surface area contributed by atoms with Crippen LogP contribution in [0.4, 0.5) is 11.4 Å². The number of anilines is 2. The summed E-state index contributed by atoms with van der Waals surface area (Å²) in [6.07, 6.45) is -0.182. The van der Waals surface area contributed by atoms with Crippen LogP contribution in [0.1, 0.15) is 17.5 Å². The molecule has 0 atom stereocenters. The van der Waals surface area contributed by atoms with Crippen LogP contribution in [0.3, 0.4) is 0 Å². The number of hydrogen-bond acceptors (Lipinski definition) is 2. The largest absolute Gasteiger partial charge is 0.326 e. The maximum atomic E-state index is 12.1. The average Bonchev–Trinajstić information content (AvgIpc) is 2.51. The van der Waals surface area contributed by atoms with E-state index in [1.54, 1.807) is 7.05 Å². The molecule has 0 saturated heterocycles. The Balaban J connectivity index is 1.96. The summed E-state index contributed by atoms with van der Waals surface area (Å²) in [4.78, 5) is 25.6. The minimum absolute atomic E-state index is 0.182. The lowest BCUT2D eigenvalue weighted by molar-refractivity contribution is -0.125. The van der Waals surface area contributed by atoms with Gasteiger partial charge in [0.2, 0.25) is 11.8 Å². The third kappa shape index (κ3) is 3.95. The number of nitrogens with one attached hydrogen (secondary N) is 1. The van der Waals surface area contributed by atoms with Crippen molar-refractivity contribution in [1.82, 2.24) is 0 Å². The molecule has 0 saturated carbocycles. The van der Waals surface area contributed by atoms with Gasteiger partial charge in [-0.15, -0.1) is 0 Å². The maximum absolute atomic E-state index is 12.1. The van der Waals surface area contributed by atoms with Crippen LogP contribution >= 0.6 is 0 Å². The Hall–Kier alpha value is -2.62. The van der Waals surface area contributed by atoms with Gasteiger partial charge in [0, 0.05) is 18.4 Å². The van der Waals surface area contributed by atoms with Gasteiger partial charge >= 0.3 is 0 Å². The van der Waals surface area contributed by atoms with Gasteiger partial charge in [-0.1, -0.05) is 24.3 Å². The number of amides is 2. The monoisotopic (exact) mass is 296 g/mol. The van der Waals surface area contributed by atoms with Gasteiger partial charge < -0.3 is 10.2 Å². The molecule has 0 unspecified atom stereocenters. The van der Waals surface area contributed by atoms with Gasteiger partial charge in [0.15, 0.2) is 0 Å². The van der Waals surface area contributed by atoms with Crippen molar-refractivity contribution < 1.29 is 9.59 Å². The van der Waals surface area contributed by atoms with Gasteiger partial charge in [-0.25, -0.2) is 0 Å². The predicted octanol–water partition coefficient (Wildman–Crippen LogP) is 3.30. The lowest BCUT2D eigenvalue weighted by Crippen LogP contribution is -2.30. The van der Waals surface area contributed by atoms with E-state index in [0.29, 0.717) is 5.69 Å². The van der Waals surface area contributed by atoms with E-state index in [2.05, 4.69) is 5.32 Å². The van der Waals surface area contributed by atoms with Crippen LogP contribution in [-0.2, 0) is 9.59 Å². The van der Waals surface area contributed by atoms with Gasteiger partial charge in [-0.3, -0.25) is 9.59 Å². The standard InChI is InChI=1S/C18H20N2O2/c1-13-9-10-15(11-14(13)2)19-17(21)12-18(22)20(3)16-7-5-4-6-8-16/h4-11H,12H2,1-3H3,(H,19,21). The Bertz CT molecular complexity index is 681. The second-order valence-corrected chi connectivity index (χ2v) is 5.31. The lowest BCUT2D eigenvalue weighted by Gasteiger charge is -2.17. The van der Waals surface area contributed by atoms with E-state index in [9.17, 15) is 9.59 Å². The molecule has 0 fully saturated rings. The zero-order chi connectivity index (χ0) is 16.1. The molecule has 0 aliphatic carbocycles. The highest BCUT2D eigenvalue weighted by Gasteiger charge is 2.15. The van der Waals surface area contributed by atoms with Crippen LogP contribution in [0.5, 0.6) is 0 Å². The first-order valence-corrected chi connectivity index (χ1v) is 7.16. The first-order chi connectivity index (χ1) is 10.5. The van der Waals surface area contributed by atoms with Crippen molar-refractivity contribution in [2.45, 2.75) is 20.3 Å². The minimum atomic E-state index is -0.309. The zero-order valence-electron chi connectivity index (χ0n) is 13.1. The third-order valence-corrected chi connectivity index (χ3v) is 3.62. The van der Waals surface area contributed by atoms with E-state index in [4.69, 9.17) is 0 Å². The molecule has 0 aliphatic heterocycles. The number of para-hydroxylation sites is 1. The quantitative estimate of drug-likeness (QED) is 0.880. The summed E-state index contributed by atoms with van der Waals surface area (Å²) in [5.74, 6) is -0.552. The fraction of sp³-hybridized carbons (Fsp3) is 0.222. The zero-order valence-corrected chi connectivity index (χ0v) is 13.1. The van der Waals surface area contributed by atoms with Gasteiger partial charge in [0.25, 0.3) is 0 Å². The molecule has 0 aliphatic rings. The summed E-state index contributed by atoms with van der Waals surface area (Å²) in [6.45, 7) is 4.00. The maximum Gasteiger partial charge on any atom is 0.236 e. The van der Waals surface area contributed by atoms with Crippen molar-refractivity contribution in [3.05, 3.63) is 59.7 Å². The third-order valence-electron chi connectivity index (χ3n) is 3.62. The van der Waals surface area contributed by atoms with Gasteiger partial charge in [0.05, 0.1) is 0 Å². The van der Waals surface area contributed by atoms with Crippen LogP contribution in [0.15, 0.2) is 48.5 Å². The molecule has 0 spiro atoms. The molecule has 4 heteroatoms. The van der Waals surface area contributed by atoms with Crippen LogP contribution in [0.25, 0.3) is 0 Å². The SMILES string of the molecule is Cc1ccc(NC(=O)CC(=O)N(C)c2ccccc2)cc1C. The predicted molar refractivity (Wildman–Crippen MR) is 89.0 cm³/mol. The van der Waals surface area contributed by atoms with Crippen LogP contribution in [-0.4, -0.2) is 18.9 Å². The Morgan fingerprint density at radius 2 is 1.68 bits per heavy atom. The Morgan fingerprint density at radius 1 is 1.00 bits per heavy atom. The van der Waals surface area contributed by atoms with Crippen molar-refractivity contribution in [2.75, 3.05) is 17.3 Å². The molecule has 4 nitrogen and oxygen atoms in total. The van der Waals surface area contributed by atoms with Crippen LogP contribution < -0.4 is 10.2 Å². The molecular weight excluding hydrogens is 276 g/mol. The Morgan fingerprint density at radius 3 is 2.32 bits per heavy atom. The molecule has 2 amide bonds. The Labute approximate surface area is 130 Å². The molecule has 1 N–H and O–H groups in total. The fourth-order valence-corrected chi connectivity index (χ4v) is 2.08. The van der Waals surface area contributed by atoms with Crippen molar-refractivity contribution in [2.24, 2.45) is 0 Å². The number of aryl methyl sites for hydroxylation is 2. The number of carbonyl (C=O) groups excluding carboxylic acids is 2. The number of carbonyl (C=O) groups is 2. The molecule has 0 heterocycles. The van der Waals surface area contributed by atoms with Crippen LogP contribution in [0.2, 0.25) is 0 Å². The number of benzene rings is 2. The van der Waals surface area contributed by atoms with Crippen molar-refractivity contribution in [3.63, 3.8) is 0 Å². The van der Waals surface area contributed by atoms with Crippen molar-refractivity contribution >= 4 is 23.2 Å². The summed E-state index contributed by atoms with van der Waals surface area (Å²) < 4.78 is 0. The van der Waals surface area contributed by atoms with Gasteiger partial charge in [-0.2, -0.15) is 0 Å². The highest BCUT2D eigenvalue weighted by Crippen LogP contribution is 2.15. The number of nitrogens with zero attached hydrogens (tertiary/aromatic N) is 1. The van der Waals surface area contributed by atoms with E-state index in [0.717, 1.165) is 16.8 Å². The second-order valence-electron chi connectivity index (χ2n) is 5.31. The van der Waals surface area contributed by atoms with E-state index in [-0.39, 0.29) is 18.2 Å². The summed E-state index contributed by atoms with van der Waals surface area (Å²) in [5, 5.41) is 2.76. The first-order valence-electron chi connectivity index (χ1n) is 7.16. The highest BCUT2D eigenvalue weighted by atomic mass is 16.2. The second kappa shape index (κ2) is 6.89. The molecule has 0 aromatic heterocycles. The lowest BCUT2D eigenvalue weighted by atomic mass is 10.1. The molecule has 2 rings (SSSR count). The van der Waals surface area contributed by atoms with E-state index in [1.165, 1.54) is 4.90 Å². The molecule has 2 aromatic rings. The summed E-state index contributed by atoms with van der Waals surface area (Å²) >= 11 is 0. The van der Waals surface area contributed by atoms with E-state index >= 15 is 0 Å². The summed E-state index contributed by atoms with van der Waals surface area (Å²) in [6, 6.07) is 14.9. The Kier molecular flexibility index (Phi) is 4.94. The molecule has 0 bridgehead atoms. The minimum Gasteiger partial charge on any atom is -0.326 e. The molecule has 22 heavy (non-hydrogen) atoms. The first kappa shape index (κ1) is 15.8. The van der Waals surface area contributed by atoms with Crippen molar-refractivity contribution in [1.29, 1.82) is 0 Å². The van der Waals surface area contributed by atoms with E-state index in [1.807, 2.05) is 62.4 Å². The molecular formula is C18H20N2O2. The summed E-state index contributed by atoms with van der Waals surface area (Å²) in [5.41, 5.74) is 3.75. The molecule has 0 radical (unpaired) electrons. The highest BCUT2D eigenvalue weighted by molar-refractivity contribution is 6.08. The average molecular weight is 296 g/mol. The fourth-order valence-electron chi connectivity index (χ4n) is 2.08. The normalized spacial score (nSPS) is 10.1. The van der Waals surface area contributed by atoms with Gasteiger partial charge in [-0.05, 0) is 49.2 Å².